The molecule has 1 aromatic rings. The maximum atomic E-state index is 5.22. The zero-order valence-corrected chi connectivity index (χ0v) is 9.06. The van der Waals surface area contributed by atoms with Gasteiger partial charge in [0.1, 0.15) is 5.75 Å². The van der Waals surface area contributed by atoms with Gasteiger partial charge in [-0.25, -0.2) is 0 Å². The van der Waals surface area contributed by atoms with Crippen LogP contribution in [0.3, 0.4) is 0 Å². The van der Waals surface area contributed by atoms with Gasteiger partial charge in [-0.1, -0.05) is 15.9 Å². The van der Waals surface area contributed by atoms with Crippen LogP contribution in [0, 0.1) is 0 Å². The minimum atomic E-state index is 0.245. The number of thiol groups is 1. The third kappa shape index (κ3) is 2.69. The van der Waals surface area contributed by atoms with Crippen LogP contribution in [0.25, 0.3) is 0 Å². The maximum Gasteiger partial charge on any atom is 0.188 e. The van der Waals surface area contributed by atoms with Crippen LogP contribution >= 0.6 is 28.6 Å². The molecule has 4 heteroatoms. The Bertz CT molecular complexity index is 265. The Morgan fingerprint density at radius 1 is 1.50 bits per heavy atom. The first-order chi connectivity index (χ1) is 5.74. The second-order valence-corrected chi connectivity index (χ2v) is 3.56. The van der Waals surface area contributed by atoms with Gasteiger partial charge in [-0.3, -0.25) is 0 Å². The number of ether oxygens (including phenoxy) is 2. The smallest absolute Gasteiger partial charge is 0.188 e. The molecule has 0 saturated heterocycles. The van der Waals surface area contributed by atoms with Gasteiger partial charge in [0.2, 0.25) is 0 Å². The van der Waals surface area contributed by atoms with Crippen molar-refractivity contribution in [3.05, 3.63) is 22.7 Å². The van der Waals surface area contributed by atoms with Crippen molar-refractivity contribution in [2.45, 2.75) is 4.90 Å². The zero-order chi connectivity index (χ0) is 8.97. The highest BCUT2D eigenvalue weighted by atomic mass is 79.9. The van der Waals surface area contributed by atoms with Gasteiger partial charge in [-0.05, 0) is 18.2 Å². The quantitative estimate of drug-likeness (QED) is 0.655. The Kier molecular flexibility index (Phi) is 3.91. The third-order valence-electron chi connectivity index (χ3n) is 1.25. The summed E-state index contributed by atoms with van der Waals surface area (Å²) in [6, 6.07) is 5.60. The first-order valence-corrected chi connectivity index (χ1v) is 4.58. The number of hydrogen-bond donors (Lipinski definition) is 1. The average Bonchev–Trinajstić information content (AvgIpc) is 2.03. The Morgan fingerprint density at radius 3 is 2.83 bits per heavy atom. The maximum absolute atomic E-state index is 5.22. The summed E-state index contributed by atoms with van der Waals surface area (Å²) in [6.45, 7) is 0.245. The lowest BCUT2D eigenvalue weighted by Crippen LogP contribution is -1.99. The van der Waals surface area contributed by atoms with E-state index in [1.165, 1.54) is 0 Å². The van der Waals surface area contributed by atoms with Crippen LogP contribution in [0.2, 0.25) is 0 Å². The number of rotatable bonds is 3. The highest BCUT2D eigenvalue weighted by molar-refractivity contribution is 9.10. The van der Waals surface area contributed by atoms with Gasteiger partial charge >= 0.3 is 0 Å². The normalized spacial score (nSPS) is 9.92. The number of hydrogen-bond acceptors (Lipinski definition) is 3. The molecule has 0 saturated carbocycles. The fourth-order valence-electron chi connectivity index (χ4n) is 0.735. The van der Waals surface area contributed by atoms with Crippen LogP contribution < -0.4 is 4.74 Å². The summed E-state index contributed by atoms with van der Waals surface area (Å²) in [5.74, 6) is 0.725. The van der Waals surface area contributed by atoms with E-state index in [1.54, 1.807) is 7.11 Å². The van der Waals surface area contributed by atoms with E-state index in [0.29, 0.717) is 0 Å². The van der Waals surface area contributed by atoms with Crippen molar-refractivity contribution in [2.24, 2.45) is 0 Å². The van der Waals surface area contributed by atoms with Crippen molar-refractivity contribution >= 4 is 28.6 Å². The number of methoxy groups -OCH3 is 1. The third-order valence-corrected chi connectivity index (χ3v) is 2.10. The molecule has 1 rings (SSSR count). The molecule has 0 fully saturated rings. The summed E-state index contributed by atoms with van der Waals surface area (Å²) in [4.78, 5) is 0.793. The number of benzene rings is 1. The van der Waals surface area contributed by atoms with Crippen molar-refractivity contribution in [1.82, 2.24) is 0 Å². The van der Waals surface area contributed by atoms with E-state index in [2.05, 4.69) is 28.6 Å². The lowest BCUT2D eigenvalue weighted by Gasteiger charge is -2.06. The highest BCUT2D eigenvalue weighted by Crippen LogP contribution is 2.25. The van der Waals surface area contributed by atoms with E-state index in [9.17, 15) is 0 Å². The van der Waals surface area contributed by atoms with Gasteiger partial charge in [0.15, 0.2) is 6.79 Å². The monoisotopic (exact) mass is 248 g/mol. The molecule has 0 atom stereocenters. The first-order valence-electron chi connectivity index (χ1n) is 3.34. The van der Waals surface area contributed by atoms with Crippen molar-refractivity contribution in [3.8, 4) is 5.75 Å². The molecule has 0 heterocycles. The molecule has 0 aliphatic carbocycles. The molecule has 0 spiro atoms. The van der Waals surface area contributed by atoms with Crippen molar-refractivity contribution in [2.75, 3.05) is 13.9 Å². The van der Waals surface area contributed by atoms with Gasteiger partial charge in [-0.15, -0.1) is 12.6 Å². The van der Waals surface area contributed by atoms with Crippen molar-refractivity contribution < 1.29 is 9.47 Å². The Labute approximate surface area is 85.4 Å². The topological polar surface area (TPSA) is 18.5 Å². The molecule has 0 N–H and O–H groups in total. The number of halogens is 1. The molecule has 0 radical (unpaired) electrons. The lowest BCUT2D eigenvalue weighted by molar-refractivity contribution is 0.0492. The Morgan fingerprint density at radius 2 is 2.25 bits per heavy atom. The van der Waals surface area contributed by atoms with Crippen LogP contribution in [-0.4, -0.2) is 13.9 Å². The summed E-state index contributed by atoms with van der Waals surface area (Å²) in [5, 5.41) is 0. The van der Waals surface area contributed by atoms with Gasteiger partial charge in [-0.2, -0.15) is 0 Å². The molecule has 0 unspecified atom stereocenters. The molecule has 0 bridgehead atoms. The minimum absolute atomic E-state index is 0.245. The lowest BCUT2D eigenvalue weighted by atomic mass is 10.3. The molecule has 12 heavy (non-hydrogen) atoms. The summed E-state index contributed by atoms with van der Waals surface area (Å²) < 4.78 is 11.0. The van der Waals surface area contributed by atoms with E-state index in [4.69, 9.17) is 9.47 Å². The van der Waals surface area contributed by atoms with E-state index < -0.39 is 0 Å². The zero-order valence-electron chi connectivity index (χ0n) is 6.58. The molecule has 0 aliphatic rings. The second kappa shape index (κ2) is 4.74. The molecule has 0 aromatic heterocycles. The van der Waals surface area contributed by atoms with Crippen LogP contribution in [-0.2, 0) is 4.74 Å². The van der Waals surface area contributed by atoms with Crippen LogP contribution in [0.4, 0.5) is 0 Å². The molecule has 2 nitrogen and oxygen atoms in total. The fourth-order valence-corrected chi connectivity index (χ4v) is 1.55. The van der Waals surface area contributed by atoms with Crippen molar-refractivity contribution in [1.29, 1.82) is 0 Å². The molecule has 0 amide bonds. The van der Waals surface area contributed by atoms with Gasteiger partial charge in [0, 0.05) is 16.5 Å². The summed E-state index contributed by atoms with van der Waals surface area (Å²) in [7, 11) is 1.58. The summed E-state index contributed by atoms with van der Waals surface area (Å²) >= 11 is 7.56. The molecular weight excluding hydrogens is 240 g/mol. The van der Waals surface area contributed by atoms with E-state index >= 15 is 0 Å². The largest absolute Gasteiger partial charge is 0.466 e. The summed E-state index contributed by atoms with van der Waals surface area (Å²) in [5.41, 5.74) is 0. The van der Waals surface area contributed by atoms with E-state index in [-0.39, 0.29) is 6.79 Å². The van der Waals surface area contributed by atoms with Gasteiger partial charge in [0.25, 0.3) is 0 Å². The fraction of sp³-hybridized carbons (Fsp3) is 0.250. The minimum Gasteiger partial charge on any atom is -0.466 e. The predicted molar refractivity (Wildman–Crippen MR) is 53.9 cm³/mol. The van der Waals surface area contributed by atoms with Crippen LogP contribution in [0.1, 0.15) is 0 Å². The van der Waals surface area contributed by atoms with Crippen molar-refractivity contribution in [3.63, 3.8) is 0 Å². The molecular formula is C8H9BrO2S. The Hall–Kier alpha value is -0.190. The van der Waals surface area contributed by atoms with Gasteiger partial charge in [0.05, 0.1) is 0 Å². The van der Waals surface area contributed by atoms with E-state index in [0.717, 1.165) is 15.1 Å². The average molecular weight is 249 g/mol. The summed E-state index contributed by atoms with van der Waals surface area (Å²) in [6.07, 6.45) is 0. The molecule has 66 valence electrons. The van der Waals surface area contributed by atoms with Crippen LogP contribution in [0.15, 0.2) is 27.6 Å². The standard InChI is InChI=1S/C8H9BrO2S/c1-10-5-11-7-3-2-6(9)4-8(7)12/h2-4,12H,5H2,1H3. The van der Waals surface area contributed by atoms with Gasteiger partial charge < -0.3 is 9.47 Å². The molecule has 1 aromatic carbocycles. The predicted octanol–water partition coefficient (Wildman–Crippen LogP) is 2.72. The van der Waals surface area contributed by atoms with E-state index in [1.807, 2.05) is 18.2 Å². The Balaban J connectivity index is 2.72. The van der Waals surface area contributed by atoms with Crippen LogP contribution in [0.5, 0.6) is 5.75 Å². The highest BCUT2D eigenvalue weighted by Gasteiger charge is 1.99. The molecule has 0 aliphatic heterocycles. The first kappa shape index (κ1) is 9.89. The second-order valence-electron chi connectivity index (χ2n) is 2.16. The SMILES string of the molecule is COCOc1ccc(Br)cc1S.